The van der Waals surface area contributed by atoms with Crippen LogP contribution in [-0.2, 0) is 4.79 Å². The van der Waals surface area contributed by atoms with Gasteiger partial charge >= 0.3 is 0 Å². The second-order valence-corrected chi connectivity index (χ2v) is 4.72. The van der Waals surface area contributed by atoms with Crippen molar-refractivity contribution < 1.29 is 9.18 Å². The molecule has 0 aliphatic heterocycles. The number of aryl methyl sites for hydroxylation is 1. The van der Waals surface area contributed by atoms with Gasteiger partial charge < -0.3 is 5.32 Å². The average Bonchev–Trinajstić information content (AvgIpc) is 2.35. The topological polar surface area (TPSA) is 29.1 Å². The van der Waals surface area contributed by atoms with E-state index in [1.54, 1.807) is 12.1 Å². The fourth-order valence-corrected chi connectivity index (χ4v) is 1.94. The number of benzene rings is 1. The van der Waals surface area contributed by atoms with Gasteiger partial charge in [0.15, 0.2) is 0 Å². The van der Waals surface area contributed by atoms with Crippen LogP contribution in [0.2, 0.25) is 0 Å². The molecule has 0 radical (unpaired) electrons. The van der Waals surface area contributed by atoms with Gasteiger partial charge in [0.1, 0.15) is 5.82 Å². The normalized spacial score (nSPS) is 12.2. The number of unbranched alkanes of at least 4 members (excludes halogenated alkanes) is 1. The van der Waals surface area contributed by atoms with Crippen LogP contribution in [0.5, 0.6) is 0 Å². The summed E-state index contributed by atoms with van der Waals surface area (Å²) in [5.74, 6) is -0.473. The Kier molecular flexibility index (Phi) is 5.83. The molecule has 0 bridgehead atoms. The molecule has 1 unspecified atom stereocenters. The van der Waals surface area contributed by atoms with Crippen molar-refractivity contribution >= 4 is 11.6 Å². The first-order valence-corrected chi connectivity index (χ1v) is 6.65. The fraction of sp³-hybridized carbons (Fsp3) is 0.533. The van der Waals surface area contributed by atoms with Crippen molar-refractivity contribution in [2.24, 2.45) is 5.92 Å². The van der Waals surface area contributed by atoms with Gasteiger partial charge in [-0.15, -0.1) is 0 Å². The van der Waals surface area contributed by atoms with Crippen LogP contribution in [0.1, 0.15) is 45.1 Å². The van der Waals surface area contributed by atoms with Crippen LogP contribution in [0.25, 0.3) is 0 Å². The number of anilines is 1. The van der Waals surface area contributed by atoms with Crippen molar-refractivity contribution in [1.29, 1.82) is 0 Å². The zero-order valence-electron chi connectivity index (χ0n) is 11.4. The quantitative estimate of drug-likeness (QED) is 0.803. The van der Waals surface area contributed by atoms with Crippen LogP contribution in [0.15, 0.2) is 18.2 Å². The Bertz CT molecular complexity index is 403. The molecule has 3 heteroatoms. The molecule has 1 aromatic carbocycles. The molecule has 0 spiro atoms. The summed E-state index contributed by atoms with van der Waals surface area (Å²) in [5, 5.41) is 2.70. The third-order valence-electron chi connectivity index (χ3n) is 3.15. The minimum Gasteiger partial charge on any atom is -0.323 e. The van der Waals surface area contributed by atoms with Crippen molar-refractivity contribution in [1.82, 2.24) is 0 Å². The van der Waals surface area contributed by atoms with Crippen LogP contribution in [0, 0.1) is 18.7 Å². The number of amides is 1. The molecule has 100 valence electrons. The third-order valence-corrected chi connectivity index (χ3v) is 3.15. The standard InChI is InChI=1S/C15H22FNO/c1-4-6-7-12(5-2)15(18)17-14-10-11(3)8-9-13(14)16/h8-10,12H,4-7H2,1-3H3,(H,17,18). The Hall–Kier alpha value is -1.38. The molecule has 1 amide bonds. The number of carbonyl (C=O) groups is 1. The van der Waals surface area contributed by atoms with E-state index in [9.17, 15) is 9.18 Å². The van der Waals surface area contributed by atoms with E-state index >= 15 is 0 Å². The lowest BCUT2D eigenvalue weighted by Gasteiger charge is -2.15. The Morgan fingerprint density at radius 2 is 2.11 bits per heavy atom. The zero-order valence-corrected chi connectivity index (χ0v) is 11.4. The molecule has 1 atom stereocenters. The van der Waals surface area contributed by atoms with E-state index in [1.807, 2.05) is 13.8 Å². The predicted octanol–water partition coefficient (Wildman–Crippen LogP) is 4.29. The molecule has 0 aromatic heterocycles. The molecule has 0 saturated heterocycles. The summed E-state index contributed by atoms with van der Waals surface area (Å²) in [6.45, 7) is 5.97. The van der Waals surface area contributed by atoms with E-state index in [1.165, 1.54) is 6.07 Å². The highest BCUT2D eigenvalue weighted by atomic mass is 19.1. The molecule has 0 saturated carbocycles. The van der Waals surface area contributed by atoms with E-state index in [4.69, 9.17) is 0 Å². The maximum absolute atomic E-state index is 13.5. The molecular formula is C15H22FNO. The Labute approximate surface area is 109 Å². The summed E-state index contributed by atoms with van der Waals surface area (Å²) in [7, 11) is 0. The lowest BCUT2D eigenvalue weighted by Crippen LogP contribution is -2.22. The van der Waals surface area contributed by atoms with Gasteiger partial charge in [0.05, 0.1) is 5.69 Å². The van der Waals surface area contributed by atoms with Crippen LogP contribution in [-0.4, -0.2) is 5.91 Å². The second kappa shape index (κ2) is 7.14. The van der Waals surface area contributed by atoms with E-state index < -0.39 is 0 Å². The zero-order chi connectivity index (χ0) is 13.5. The number of hydrogen-bond donors (Lipinski definition) is 1. The van der Waals surface area contributed by atoms with Crippen LogP contribution < -0.4 is 5.32 Å². The van der Waals surface area contributed by atoms with Crippen molar-refractivity contribution in [2.75, 3.05) is 5.32 Å². The van der Waals surface area contributed by atoms with Crippen molar-refractivity contribution in [2.45, 2.75) is 46.5 Å². The highest BCUT2D eigenvalue weighted by Gasteiger charge is 2.17. The molecule has 1 rings (SSSR count). The van der Waals surface area contributed by atoms with Gasteiger partial charge in [-0.2, -0.15) is 0 Å². The highest BCUT2D eigenvalue weighted by Crippen LogP contribution is 2.19. The summed E-state index contributed by atoms with van der Waals surface area (Å²) >= 11 is 0. The first kappa shape index (κ1) is 14.7. The fourth-order valence-electron chi connectivity index (χ4n) is 1.94. The van der Waals surface area contributed by atoms with Crippen LogP contribution in [0.4, 0.5) is 10.1 Å². The number of carbonyl (C=O) groups excluding carboxylic acids is 1. The number of halogens is 1. The maximum Gasteiger partial charge on any atom is 0.227 e. The highest BCUT2D eigenvalue weighted by molar-refractivity contribution is 5.92. The molecule has 0 aliphatic carbocycles. The number of rotatable bonds is 6. The second-order valence-electron chi connectivity index (χ2n) is 4.72. The van der Waals surface area contributed by atoms with E-state index in [-0.39, 0.29) is 23.3 Å². The summed E-state index contributed by atoms with van der Waals surface area (Å²) in [6, 6.07) is 4.75. The van der Waals surface area contributed by atoms with Gasteiger partial charge in [0.25, 0.3) is 0 Å². The monoisotopic (exact) mass is 251 g/mol. The lowest BCUT2D eigenvalue weighted by atomic mass is 9.98. The molecule has 18 heavy (non-hydrogen) atoms. The van der Waals surface area contributed by atoms with Gasteiger partial charge in [-0.1, -0.05) is 32.8 Å². The van der Waals surface area contributed by atoms with Gasteiger partial charge in [-0.25, -0.2) is 4.39 Å². The van der Waals surface area contributed by atoms with E-state index in [0.29, 0.717) is 0 Å². The van der Waals surface area contributed by atoms with Gasteiger partial charge in [0.2, 0.25) is 5.91 Å². The average molecular weight is 251 g/mol. The summed E-state index contributed by atoms with van der Waals surface area (Å²) in [5.41, 5.74) is 1.23. The largest absolute Gasteiger partial charge is 0.323 e. The van der Waals surface area contributed by atoms with Crippen molar-refractivity contribution in [3.8, 4) is 0 Å². The Morgan fingerprint density at radius 1 is 1.39 bits per heavy atom. The Balaban J connectivity index is 2.70. The summed E-state index contributed by atoms with van der Waals surface area (Å²) in [4.78, 5) is 12.0. The molecule has 2 nitrogen and oxygen atoms in total. The minimum atomic E-state index is -0.376. The predicted molar refractivity (Wildman–Crippen MR) is 73.1 cm³/mol. The minimum absolute atomic E-state index is 0.0233. The molecule has 1 aromatic rings. The van der Waals surface area contributed by atoms with Gasteiger partial charge in [-0.05, 0) is 37.5 Å². The van der Waals surface area contributed by atoms with E-state index in [0.717, 1.165) is 31.2 Å². The van der Waals surface area contributed by atoms with E-state index in [2.05, 4.69) is 12.2 Å². The maximum atomic E-state index is 13.5. The number of nitrogens with one attached hydrogen (secondary N) is 1. The van der Waals surface area contributed by atoms with Crippen LogP contribution >= 0.6 is 0 Å². The molecule has 0 fully saturated rings. The first-order valence-electron chi connectivity index (χ1n) is 6.65. The van der Waals surface area contributed by atoms with Crippen molar-refractivity contribution in [3.05, 3.63) is 29.6 Å². The van der Waals surface area contributed by atoms with Crippen molar-refractivity contribution in [3.63, 3.8) is 0 Å². The van der Waals surface area contributed by atoms with Crippen LogP contribution in [0.3, 0.4) is 0 Å². The SMILES string of the molecule is CCCCC(CC)C(=O)Nc1cc(C)ccc1F. The van der Waals surface area contributed by atoms with Gasteiger partial charge in [-0.3, -0.25) is 4.79 Å². The summed E-state index contributed by atoms with van der Waals surface area (Å²) in [6.07, 6.45) is 3.76. The van der Waals surface area contributed by atoms with Gasteiger partial charge in [0, 0.05) is 5.92 Å². The smallest absolute Gasteiger partial charge is 0.227 e. The lowest BCUT2D eigenvalue weighted by molar-refractivity contribution is -0.120. The Morgan fingerprint density at radius 3 is 2.72 bits per heavy atom. The first-order chi connectivity index (χ1) is 8.58. The third kappa shape index (κ3) is 4.13. The molecule has 0 aliphatic rings. The summed E-state index contributed by atoms with van der Waals surface area (Å²) < 4.78 is 13.5. The molecule has 1 N–H and O–H groups in total. The molecular weight excluding hydrogens is 229 g/mol. The molecule has 0 heterocycles. The number of hydrogen-bond acceptors (Lipinski definition) is 1.